The van der Waals surface area contributed by atoms with E-state index in [1.807, 2.05) is 18.4 Å². The van der Waals surface area contributed by atoms with E-state index in [0.717, 1.165) is 12.5 Å². The first-order valence-corrected chi connectivity index (χ1v) is 7.46. The summed E-state index contributed by atoms with van der Waals surface area (Å²) in [5.41, 5.74) is 1.43. The van der Waals surface area contributed by atoms with Gasteiger partial charge in [-0.25, -0.2) is 0 Å². The predicted molar refractivity (Wildman–Crippen MR) is 73.6 cm³/mol. The highest BCUT2D eigenvalue weighted by molar-refractivity contribution is 7.10. The van der Waals surface area contributed by atoms with Crippen molar-refractivity contribution in [3.8, 4) is 0 Å². The van der Waals surface area contributed by atoms with Gasteiger partial charge in [-0.3, -0.25) is 0 Å². The minimum atomic E-state index is 0.342. The van der Waals surface area contributed by atoms with Gasteiger partial charge < -0.3 is 10.1 Å². The summed E-state index contributed by atoms with van der Waals surface area (Å²) >= 11 is 1.83. The summed E-state index contributed by atoms with van der Waals surface area (Å²) in [6.07, 6.45) is 4.16. The highest BCUT2D eigenvalue weighted by atomic mass is 32.1. The lowest BCUT2D eigenvalue weighted by atomic mass is 9.98. The number of nitrogens with one attached hydrogen (secondary N) is 1. The van der Waals surface area contributed by atoms with Crippen molar-refractivity contribution < 1.29 is 4.74 Å². The van der Waals surface area contributed by atoms with Crippen LogP contribution in [0.2, 0.25) is 0 Å². The van der Waals surface area contributed by atoms with Gasteiger partial charge >= 0.3 is 0 Å². The zero-order valence-corrected chi connectivity index (χ0v) is 11.8. The Balaban J connectivity index is 2.14. The fourth-order valence-electron chi connectivity index (χ4n) is 2.45. The molecule has 1 aliphatic rings. The molecule has 96 valence electrons. The maximum absolute atomic E-state index is 5.75. The van der Waals surface area contributed by atoms with Crippen molar-refractivity contribution >= 4 is 11.3 Å². The van der Waals surface area contributed by atoms with Gasteiger partial charge in [0.15, 0.2) is 0 Å². The first kappa shape index (κ1) is 13.1. The normalized spacial score (nSPS) is 19.2. The third-order valence-corrected chi connectivity index (χ3v) is 4.40. The number of ether oxygens (including phenoxy) is 1. The largest absolute Gasteiger partial charge is 0.379 e. The van der Waals surface area contributed by atoms with Gasteiger partial charge in [-0.1, -0.05) is 6.92 Å². The quantitative estimate of drug-likeness (QED) is 0.802. The monoisotopic (exact) mass is 253 g/mol. The van der Waals surface area contributed by atoms with Crippen LogP contribution in [0.1, 0.15) is 42.7 Å². The zero-order valence-electron chi connectivity index (χ0n) is 11.0. The van der Waals surface area contributed by atoms with Crippen LogP contribution >= 0.6 is 11.3 Å². The van der Waals surface area contributed by atoms with E-state index in [-0.39, 0.29) is 0 Å². The average molecular weight is 253 g/mol. The zero-order chi connectivity index (χ0) is 12.3. The van der Waals surface area contributed by atoms with Crippen LogP contribution in [0.3, 0.4) is 0 Å². The molecule has 2 nitrogen and oxygen atoms in total. The Kier molecular flexibility index (Phi) is 4.60. The molecule has 3 heteroatoms. The molecule has 0 spiro atoms. The molecule has 0 amide bonds. The molecule has 0 saturated heterocycles. The standard InChI is InChI=1S/C14H23NOS/c1-4-8-15-13(12-7-9-17-10(12)2)14(16-3)11-5-6-11/h7,9,11,13-15H,4-6,8H2,1-3H3. The van der Waals surface area contributed by atoms with Crippen LogP contribution < -0.4 is 5.32 Å². The second-order valence-corrected chi connectivity index (χ2v) is 6.02. The average Bonchev–Trinajstić information content (AvgIpc) is 3.07. The molecule has 1 fully saturated rings. The van der Waals surface area contributed by atoms with Gasteiger partial charge in [-0.05, 0) is 55.7 Å². The Bertz CT molecular complexity index is 346. The molecule has 1 heterocycles. The van der Waals surface area contributed by atoms with Gasteiger partial charge in [0.2, 0.25) is 0 Å². The molecule has 0 radical (unpaired) electrons. The Hall–Kier alpha value is -0.380. The molecule has 17 heavy (non-hydrogen) atoms. The molecule has 0 aromatic carbocycles. The number of rotatable bonds is 7. The highest BCUT2D eigenvalue weighted by Crippen LogP contribution is 2.41. The Labute approximate surface area is 108 Å². The molecule has 0 bridgehead atoms. The van der Waals surface area contributed by atoms with Crippen LogP contribution in [0.25, 0.3) is 0 Å². The van der Waals surface area contributed by atoms with Crippen molar-refractivity contribution in [1.29, 1.82) is 0 Å². The maximum atomic E-state index is 5.75. The summed E-state index contributed by atoms with van der Waals surface area (Å²) in [6.45, 7) is 5.48. The van der Waals surface area contributed by atoms with E-state index in [1.54, 1.807) is 0 Å². The second-order valence-electron chi connectivity index (χ2n) is 4.90. The lowest BCUT2D eigenvalue weighted by Crippen LogP contribution is -2.35. The number of hydrogen-bond donors (Lipinski definition) is 1. The molecular weight excluding hydrogens is 230 g/mol. The number of methoxy groups -OCH3 is 1. The Morgan fingerprint density at radius 1 is 1.53 bits per heavy atom. The van der Waals surface area contributed by atoms with E-state index in [0.29, 0.717) is 12.1 Å². The first-order valence-electron chi connectivity index (χ1n) is 6.58. The molecule has 2 atom stereocenters. The number of aryl methyl sites for hydroxylation is 1. The second kappa shape index (κ2) is 5.98. The minimum absolute atomic E-state index is 0.342. The molecule has 1 aromatic heterocycles. The number of hydrogen-bond acceptors (Lipinski definition) is 3. The molecule has 2 rings (SSSR count). The van der Waals surface area contributed by atoms with E-state index in [2.05, 4.69) is 30.6 Å². The van der Waals surface area contributed by atoms with Crippen LogP contribution in [0.15, 0.2) is 11.4 Å². The Morgan fingerprint density at radius 2 is 2.29 bits per heavy atom. The summed E-state index contributed by atoms with van der Waals surface area (Å²) in [7, 11) is 1.85. The van der Waals surface area contributed by atoms with Gasteiger partial charge in [0.1, 0.15) is 0 Å². The van der Waals surface area contributed by atoms with Crippen LogP contribution in [-0.2, 0) is 4.74 Å². The van der Waals surface area contributed by atoms with E-state index in [4.69, 9.17) is 4.74 Å². The molecule has 2 unspecified atom stereocenters. The molecule has 1 saturated carbocycles. The van der Waals surface area contributed by atoms with Crippen molar-refractivity contribution in [2.24, 2.45) is 5.92 Å². The van der Waals surface area contributed by atoms with Gasteiger partial charge in [0.05, 0.1) is 12.1 Å². The fourth-order valence-corrected chi connectivity index (χ4v) is 3.20. The minimum Gasteiger partial charge on any atom is -0.379 e. The molecular formula is C14H23NOS. The van der Waals surface area contributed by atoms with Crippen LogP contribution in [0.5, 0.6) is 0 Å². The predicted octanol–water partition coefficient (Wildman–Crippen LogP) is 3.52. The topological polar surface area (TPSA) is 21.3 Å². The van der Waals surface area contributed by atoms with E-state index in [1.165, 1.54) is 29.7 Å². The van der Waals surface area contributed by atoms with Crippen LogP contribution in [0, 0.1) is 12.8 Å². The number of thiophene rings is 1. The summed E-state index contributed by atoms with van der Waals surface area (Å²) in [5, 5.41) is 5.85. The molecule has 1 N–H and O–H groups in total. The molecule has 0 aliphatic heterocycles. The van der Waals surface area contributed by atoms with Crippen molar-refractivity contribution in [2.75, 3.05) is 13.7 Å². The van der Waals surface area contributed by atoms with Gasteiger partial charge in [-0.15, -0.1) is 11.3 Å². The third kappa shape index (κ3) is 3.09. The van der Waals surface area contributed by atoms with Crippen molar-refractivity contribution in [2.45, 2.75) is 45.3 Å². The van der Waals surface area contributed by atoms with Gasteiger partial charge in [-0.2, -0.15) is 0 Å². The summed E-state index contributed by atoms with van der Waals surface area (Å²) < 4.78 is 5.75. The van der Waals surface area contributed by atoms with Gasteiger partial charge in [0, 0.05) is 12.0 Å². The van der Waals surface area contributed by atoms with Crippen molar-refractivity contribution in [3.05, 3.63) is 21.9 Å². The van der Waals surface area contributed by atoms with Gasteiger partial charge in [0.25, 0.3) is 0 Å². The first-order chi connectivity index (χ1) is 8.27. The van der Waals surface area contributed by atoms with E-state index < -0.39 is 0 Å². The lowest BCUT2D eigenvalue weighted by molar-refractivity contribution is 0.0506. The summed E-state index contributed by atoms with van der Waals surface area (Å²) in [4.78, 5) is 1.42. The lowest BCUT2D eigenvalue weighted by Gasteiger charge is -2.27. The fraction of sp³-hybridized carbons (Fsp3) is 0.714. The SMILES string of the molecule is CCCNC(c1ccsc1C)C(OC)C1CC1. The molecule has 1 aliphatic carbocycles. The molecule has 1 aromatic rings. The van der Waals surface area contributed by atoms with Crippen molar-refractivity contribution in [1.82, 2.24) is 5.32 Å². The van der Waals surface area contributed by atoms with Crippen molar-refractivity contribution in [3.63, 3.8) is 0 Å². The van der Waals surface area contributed by atoms with E-state index >= 15 is 0 Å². The third-order valence-electron chi connectivity index (χ3n) is 3.54. The smallest absolute Gasteiger partial charge is 0.0794 e. The van der Waals surface area contributed by atoms with E-state index in [9.17, 15) is 0 Å². The van der Waals surface area contributed by atoms with Crippen LogP contribution in [-0.4, -0.2) is 19.8 Å². The maximum Gasteiger partial charge on any atom is 0.0794 e. The summed E-state index contributed by atoms with van der Waals surface area (Å²) in [6, 6.07) is 2.63. The Morgan fingerprint density at radius 3 is 2.76 bits per heavy atom. The highest BCUT2D eigenvalue weighted by Gasteiger charge is 2.37. The summed E-state index contributed by atoms with van der Waals surface area (Å²) in [5.74, 6) is 0.758. The van der Waals surface area contributed by atoms with Crippen LogP contribution in [0.4, 0.5) is 0 Å².